The van der Waals surface area contributed by atoms with Crippen LogP contribution < -0.4 is 0 Å². The van der Waals surface area contributed by atoms with Crippen molar-refractivity contribution in [1.29, 1.82) is 0 Å². The molecule has 0 bridgehead atoms. The molecule has 0 N–H and O–H groups in total. The van der Waals surface area contributed by atoms with Crippen LogP contribution in [0.25, 0.3) is 0 Å². The maximum absolute atomic E-state index is 12.2. The maximum Gasteiger partial charge on any atom is 0.416 e. The molecule has 0 saturated heterocycles. The number of carbonyl (C=O) groups excluding carboxylic acids is 1. The first-order chi connectivity index (χ1) is 6.45. The minimum absolute atomic E-state index is 0.241. The van der Waals surface area contributed by atoms with Crippen LogP contribution in [0.4, 0.5) is 13.2 Å². The molecule has 6 heteroatoms. The second-order valence-electron chi connectivity index (χ2n) is 2.44. The zero-order chi connectivity index (χ0) is 10.8. The Hall–Kier alpha value is -1.23. The number of carbonyl (C=O) groups is 1. The van der Waals surface area contributed by atoms with Gasteiger partial charge in [0.15, 0.2) is 0 Å². The van der Waals surface area contributed by atoms with Crippen LogP contribution in [-0.2, 0) is 10.5 Å². The fourth-order valence-electron chi connectivity index (χ4n) is 0.867. The van der Waals surface area contributed by atoms with Crippen LogP contribution in [-0.4, -0.2) is 5.97 Å². The van der Waals surface area contributed by atoms with Crippen LogP contribution in [0, 0.1) is 0 Å². The van der Waals surface area contributed by atoms with Crippen LogP contribution in [0.5, 0.6) is 0 Å². The summed E-state index contributed by atoms with van der Waals surface area (Å²) < 4.78 is 40.2. The molecule has 0 aliphatic carbocycles. The van der Waals surface area contributed by atoms with E-state index in [0.29, 0.717) is 6.07 Å². The fraction of sp³-hybridized carbons (Fsp3) is 0.125. The minimum Gasteiger partial charge on any atom is -0.343 e. The van der Waals surface area contributed by atoms with Gasteiger partial charge in [0.2, 0.25) is 0 Å². The summed E-state index contributed by atoms with van der Waals surface area (Å²) in [5, 5.41) is 0. The Balaban J connectivity index is 3.08. The predicted octanol–water partition coefficient (Wildman–Crippen LogP) is 3.02. The van der Waals surface area contributed by atoms with Gasteiger partial charge in [0.1, 0.15) is 11.9 Å². The SMILES string of the molecule is O=C(OCl)c1cccc(C(F)(F)F)c1. The van der Waals surface area contributed by atoms with Gasteiger partial charge in [-0.2, -0.15) is 13.2 Å². The van der Waals surface area contributed by atoms with E-state index in [9.17, 15) is 18.0 Å². The van der Waals surface area contributed by atoms with Crippen LogP contribution in [0.2, 0.25) is 0 Å². The van der Waals surface area contributed by atoms with E-state index < -0.39 is 17.7 Å². The molecule has 76 valence electrons. The van der Waals surface area contributed by atoms with Crippen LogP contribution >= 0.6 is 11.9 Å². The number of halogens is 4. The highest BCUT2D eigenvalue weighted by Gasteiger charge is 2.30. The third-order valence-corrected chi connectivity index (χ3v) is 1.64. The normalized spacial score (nSPS) is 11.1. The Morgan fingerprint density at radius 3 is 2.50 bits per heavy atom. The van der Waals surface area contributed by atoms with E-state index in [0.717, 1.165) is 12.1 Å². The average molecular weight is 225 g/mol. The van der Waals surface area contributed by atoms with Crippen molar-refractivity contribution < 1.29 is 22.3 Å². The third kappa shape index (κ3) is 2.38. The molecule has 0 radical (unpaired) electrons. The molecule has 2 nitrogen and oxygen atoms in total. The summed E-state index contributed by atoms with van der Waals surface area (Å²) >= 11 is 4.72. The van der Waals surface area contributed by atoms with Gasteiger partial charge in [-0.3, -0.25) is 0 Å². The van der Waals surface area contributed by atoms with Crippen LogP contribution in [0.1, 0.15) is 15.9 Å². The van der Waals surface area contributed by atoms with E-state index >= 15 is 0 Å². The van der Waals surface area contributed by atoms with Crippen molar-refractivity contribution in [1.82, 2.24) is 0 Å². The third-order valence-electron chi connectivity index (χ3n) is 1.50. The molecule has 0 saturated carbocycles. The van der Waals surface area contributed by atoms with Crippen molar-refractivity contribution in [2.75, 3.05) is 0 Å². The Kier molecular flexibility index (Phi) is 3.00. The van der Waals surface area contributed by atoms with Gasteiger partial charge in [-0.05, 0) is 18.2 Å². The van der Waals surface area contributed by atoms with Gasteiger partial charge in [0, 0.05) is 0 Å². The fourth-order valence-corrected chi connectivity index (χ4v) is 0.956. The summed E-state index contributed by atoms with van der Waals surface area (Å²) in [6, 6.07) is 3.81. The summed E-state index contributed by atoms with van der Waals surface area (Å²) in [5.41, 5.74) is -1.16. The van der Waals surface area contributed by atoms with E-state index in [-0.39, 0.29) is 5.56 Å². The Morgan fingerprint density at radius 1 is 1.36 bits per heavy atom. The highest BCUT2D eigenvalue weighted by atomic mass is 35.5. The van der Waals surface area contributed by atoms with E-state index in [1.54, 1.807) is 0 Å². The first kappa shape index (κ1) is 10.8. The molecule has 1 rings (SSSR count). The molecule has 1 aromatic carbocycles. The molecule has 0 fully saturated rings. The van der Waals surface area contributed by atoms with Crippen molar-refractivity contribution in [2.24, 2.45) is 0 Å². The minimum atomic E-state index is -4.48. The lowest BCUT2D eigenvalue weighted by molar-refractivity contribution is -0.137. The molecule has 0 heterocycles. The lowest BCUT2D eigenvalue weighted by Gasteiger charge is -2.06. The molecule has 0 aromatic heterocycles. The van der Waals surface area contributed by atoms with Gasteiger partial charge >= 0.3 is 12.1 Å². The summed E-state index contributed by atoms with van der Waals surface area (Å²) in [6.07, 6.45) is -4.48. The average Bonchev–Trinajstić information content (AvgIpc) is 2.15. The zero-order valence-electron chi connectivity index (χ0n) is 6.64. The summed E-state index contributed by atoms with van der Waals surface area (Å²) in [7, 11) is 0. The second-order valence-corrected chi connectivity index (χ2v) is 2.60. The second kappa shape index (κ2) is 3.88. The Morgan fingerprint density at radius 2 is 2.00 bits per heavy atom. The molecule has 0 unspecified atom stereocenters. The van der Waals surface area contributed by atoms with E-state index in [4.69, 9.17) is 11.9 Å². The van der Waals surface area contributed by atoms with Crippen molar-refractivity contribution in [2.45, 2.75) is 6.18 Å². The molecule has 0 atom stereocenters. The smallest absolute Gasteiger partial charge is 0.343 e. The molecular formula is C8H4ClF3O2. The molecule has 14 heavy (non-hydrogen) atoms. The van der Waals surface area contributed by atoms with Gasteiger partial charge in [-0.15, -0.1) is 0 Å². The molecule has 0 amide bonds. The zero-order valence-corrected chi connectivity index (χ0v) is 7.39. The van der Waals surface area contributed by atoms with Gasteiger partial charge in [-0.25, -0.2) is 4.79 Å². The number of hydrogen-bond donors (Lipinski definition) is 0. The summed E-state index contributed by atoms with van der Waals surface area (Å²) in [5.74, 6) is -1.02. The van der Waals surface area contributed by atoms with Gasteiger partial charge < -0.3 is 4.29 Å². The summed E-state index contributed by atoms with van der Waals surface area (Å²) in [4.78, 5) is 10.8. The largest absolute Gasteiger partial charge is 0.416 e. The number of alkyl halides is 3. The van der Waals surface area contributed by atoms with Crippen LogP contribution in [0.15, 0.2) is 24.3 Å². The monoisotopic (exact) mass is 224 g/mol. The van der Waals surface area contributed by atoms with Crippen molar-refractivity contribution in [3.63, 3.8) is 0 Å². The van der Waals surface area contributed by atoms with E-state index in [1.165, 1.54) is 6.07 Å². The van der Waals surface area contributed by atoms with Gasteiger partial charge in [0.25, 0.3) is 0 Å². The number of benzene rings is 1. The van der Waals surface area contributed by atoms with Crippen molar-refractivity contribution >= 4 is 17.8 Å². The summed E-state index contributed by atoms with van der Waals surface area (Å²) in [6.45, 7) is 0. The van der Waals surface area contributed by atoms with Gasteiger partial charge in [-0.1, -0.05) is 6.07 Å². The molecule has 0 aliphatic heterocycles. The molecule has 1 aromatic rings. The predicted molar refractivity (Wildman–Crippen MR) is 42.7 cm³/mol. The van der Waals surface area contributed by atoms with E-state index in [1.807, 2.05) is 0 Å². The standard InChI is InChI=1S/C8H4ClF3O2/c9-14-7(13)5-2-1-3-6(4-5)8(10,11)12/h1-4H. The highest BCUT2D eigenvalue weighted by Crippen LogP contribution is 2.29. The Labute approximate surface area is 82.4 Å². The molecule has 0 aliphatic rings. The molecular weight excluding hydrogens is 221 g/mol. The first-order valence-corrected chi connectivity index (χ1v) is 3.76. The van der Waals surface area contributed by atoms with Gasteiger partial charge in [0.05, 0.1) is 11.1 Å². The molecule has 0 spiro atoms. The van der Waals surface area contributed by atoms with Crippen molar-refractivity contribution in [3.8, 4) is 0 Å². The van der Waals surface area contributed by atoms with Crippen LogP contribution in [0.3, 0.4) is 0 Å². The Bertz CT molecular complexity index is 349. The number of hydrogen-bond acceptors (Lipinski definition) is 2. The lowest BCUT2D eigenvalue weighted by atomic mass is 10.1. The lowest BCUT2D eigenvalue weighted by Crippen LogP contribution is -2.07. The quantitative estimate of drug-likeness (QED) is 0.733. The maximum atomic E-state index is 12.2. The first-order valence-electron chi connectivity index (χ1n) is 3.45. The topological polar surface area (TPSA) is 26.3 Å². The van der Waals surface area contributed by atoms with E-state index in [2.05, 4.69) is 4.29 Å². The highest BCUT2D eigenvalue weighted by molar-refractivity contribution is 6.15. The number of rotatable bonds is 1. The van der Waals surface area contributed by atoms with Crippen molar-refractivity contribution in [3.05, 3.63) is 35.4 Å².